The number of hydrogen-bond acceptors (Lipinski definition) is 5. The number of ether oxygens (including phenoxy) is 1. The van der Waals surface area contributed by atoms with Crippen molar-refractivity contribution in [1.29, 1.82) is 0 Å². The van der Waals surface area contributed by atoms with Crippen LogP contribution in [0.3, 0.4) is 0 Å². The third kappa shape index (κ3) is 7.81. The van der Waals surface area contributed by atoms with E-state index in [1.54, 1.807) is 9.91 Å². The highest BCUT2D eigenvalue weighted by Gasteiger charge is 2.35. The average Bonchev–Trinajstić information content (AvgIpc) is 3.34. The lowest BCUT2D eigenvalue weighted by Gasteiger charge is -2.32. The molecule has 39 heavy (non-hydrogen) atoms. The molecule has 2 aromatic rings. The number of urea groups is 1. The van der Waals surface area contributed by atoms with E-state index in [0.717, 1.165) is 29.9 Å². The molecule has 0 saturated carbocycles. The number of morpholine rings is 1. The Morgan fingerprint density at radius 1 is 1.08 bits per heavy atom. The normalized spacial score (nSPS) is 18.2. The van der Waals surface area contributed by atoms with Gasteiger partial charge in [0.2, 0.25) is 0 Å². The molecule has 0 bridgehead atoms. The van der Waals surface area contributed by atoms with Gasteiger partial charge in [-0.05, 0) is 75.1 Å². The van der Waals surface area contributed by atoms with Crippen molar-refractivity contribution in [2.24, 2.45) is 5.10 Å². The number of benzene rings is 2. The number of halogens is 1. The Balaban J connectivity index is 1.58. The SMILES string of the molecule is Cc1ccc(C2=NN(C(=O)CN(CCN3CCOCC3)C(=O)NC(C)(C)C)[C@H](c3ccc(Cl)cc3)C2)cc1C. The summed E-state index contributed by atoms with van der Waals surface area (Å²) in [6, 6.07) is 13.3. The summed E-state index contributed by atoms with van der Waals surface area (Å²) >= 11 is 6.16. The van der Waals surface area contributed by atoms with Crippen molar-refractivity contribution in [2.75, 3.05) is 45.9 Å². The van der Waals surface area contributed by atoms with Gasteiger partial charge < -0.3 is 15.0 Å². The standard InChI is InChI=1S/C30H40ClN5O3/c1-21-6-7-24(18-22(21)2)26-19-27(23-8-10-25(31)11-9-23)36(33-26)28(37)20-35(29(38)32-30(3,4)5)13-12-34-14-16-39-17-15-34/h6-11,18,27H,12-17,19-20H2,1-5H3,(H,32,38)/t27-/m0/s1. The van der Waals surface area contributed by atoms with E-state index in [1.165, 1.54) is 11.1 Å². The van der Waals surface area contributed by atoms with Crippen LogP contribution in [0.15, 0.2) is 47.6 Å². The van der Waals surface area contributed by atoms with Crippen molar-refractivity contribution in [3.63, 3.8) is 0 Å². The van der Waals surface area contributed by atoms with Gasteiger partial charge >= 0.3 is 6.03 Å². The van der Waals surface area contributed by atoms with Crippen LogP contribution in [0.5, 0.6) is 0 Å². The van der Waals surface area contributed by atoms with Crippen molar-refractivity contribution >= 4 is 29.3 Å². The van der Waals surface area contributed by atoms with Crippen LogP contribution in [0, 0.1) is 13.8 Å². The van der Waals surface area contributed by atoms with Gasteiger partial charge in [0.1, 0.15) is 6.54 Å². The van der Waals surface area contributed by atoms with Gasteiger partial charge in [-0.15, -0.1) is 0 Å². The third-order valence-electron chi connectivity index (χ3n) is 7.15. The van der Waals surface area contributed by atoms with Gasteiger partial charge in [-0.2, -0.15) is 5.10 Å². The van der Waals surface area contributed by atoms with E-state index in [4.69, 9.17) is 21.4 Å². The second-order valence-electron chi connectivity index (χ2n) is 11.4. The lowest BCUT2D eigenvalue weighted by molar-refractivity contribution is -0.133. The Labute approximate surface area is 236 Å². The molecule has 0 spiro atoms. The molecule has 1 saturated heterocycles. The molecule has 9 heteroatoms. The van der Waals surface area contributed by atoms with E-state index in [0.29, 0.717) is 37.7 Å². The van der Waals surface area contributed by atoms with Crippen molar-refractivity contribution in [3.05, 3.63) is 69.7 Å². The largest absolute Gasteiger partial charge is 0.379 e. The average molecular weight is 554 g/mol. The topological polar surface area (TPSA) is 77.5 Å². The fraction of sp³-hybridized carbons (Fsp3) is 0.500. The van der Waals surface area contributed by atoms with Crippen LogP contribution in [-0.2, 0) is 9.53 Å². The van der Waals surface area contributed by atoms with Gasteiger partial charge in [0.25, 0.3) is 5.91 Å². The fourth-order valence-electron chi connectivity index (χ4n) is 4.76. The first-order chi connectivity index (χ1) is 18.5. The van der Waals surface area contributed by atoms with Crippen LogP contribution in [0.4, 0.5) is 4.79 Å². The monoisotopic (exact) mass is 553 g/mol. The van der Waals surface area contributed by atoms with E-state index in [1.807, 2.05) is 45.0 Å². The van der Waals surface area contributed by atoms with Gasteiger partial charge in [-0.25, -0.2) is 9.80 Å². The predicted octanol–water partition coefficient (Wildman–Crippen LogP) is 4.78. The number of carbonyl (C=O) groups is 2. The van der Waals surface area contributed by atoms with Crippen molar-refractivity contribution in [1.82, 2.24) is 20.1 Å². The Morgan fingerprint density at radius 3 is 2.41 bits per heavy atom. The lowest BCUT2D eigenvalue weighted by atomic mass is 9.96. The Bertz CT molecular complexity index is 1200. The Morgan fingerprint density at radius 2 is 1.77 bits per heavy atom. The zero-order valence-electron chi connectivity index (χ0n) is 23.7. The maximum atomic E-state index is 13.9. The van der Waals surface area contributed by atoms with E-state index >= 15 is 0 Å². The van der Waals surface area contributed by atoms with Gasteiger partial charge in [-0.3, -0.25) is 9.69 Å². The van der Waals surface area contributed by atoms with Crippen molar-refractivity contribution < 1.29 is 14.3 Å². The van der Waals surface area contributed by atoms with Gasteiger partial charge in [0.05, 0.1) is 25.0 Å². The number of carbonyl (C=O) groups excluding carboxylic acids is 2. The number of nitrogens with one attached hydrogen (secondary N) is 1. The third-order valence-corrected chi connectivity index (χ3v) is 7.40. The number of aryl methyl sites for hydroxylation is 2. The van der Waals surface area contributed by atoms with E-state index in [2.05, 4.69) is 42.3 Å². The smallest absolute Gasteiger partial charge is 0.318 e. The summed E-state index contributed by atoms with van der Waals surface area (Å²) < 4.78 is 5.46. The number of amides is 3. The van der Waals surface area contributed by atoms with E-state index in [9.17, 15) is 9.59 Å². The minimum absolute atomic E-state index is 0.0694. The highest BCUT2D eigenvalue weighted by molar-refractivity contribution is 6.30. The molecular weight excluding hydrogens is 514 g/mol. The van der Waals surface area contributed by atoms with E-state index in [-0.39, 0.29) is 24.5 Å². The van der Waals surface area contributed by atoms with Gasteiger partial charge in [-0.1, -0.05) is 35.9 Å². The molecule has 4 rings (SSSR count). The molecule has 1 atom stereocenters. The molecule has 8 nitrogen and oxygen atoms in total. The van der Waals surface area contributed by atoms with Crippen LogP contribution in [0.1, 0.15) is 55.5 Å². The summed E-state index contributed by atoms with van der Waals surface area (Å²) in [6.45, 7) is 14.0. The van der Waals surface area contributed by atoms with Gasteiger partial charge in [0, 0.05) is 43.2 Å². The van der Waals surface area contributed by atoms with Crippen molar-refractivity contribution in [2.45, 2.75) is 52.6 Å². The van der Waals surface area contributed by atoms with E-state index < -0.39 is 5.54 Å². The minimum atomic E-state index is -0.425. The minimum Gasteiger partial charge on any atom is -0.379 e. The first-order valence-electron chi connectivity index (χ1n) is 13.6. The molecule has 0 radical (unpaired) electrons. The summed E-state index contributed by atoms with van der Waals surface area (Å²) in [5.41, 5.74) is 4.77. The number of nitrogens with zero attached hydrogens (tertiary/aromatic N) is 4. The molecule has 210 valence electrons. The summed E-state index contributed by atoms with van der Waals surface area (Å²) in [6.07, 6.45) is 0.581. The molecule has 1 fully saturated rings. The fourth-order valence-corrected chi connectivity index (χ4v) is 4.88. The van der Waals surface area contributed by atoms with Gasteiger partial charge in [0.15, 0.2) is 0 Å². The number of hydrazone groups is 1. The molecular formula is C30H40ClN5O3. The molecule has 2 aliphatic rings. The molecule has 2 aliphatic heterocycles. The first kappa shape index (κ1) is 29.1. The summed E-state index contributed by atoms with van der Waals surface area (Å²) in [4.78, 5) is 31.0. The second kappa shape index (κ2) is 12.5. The van der Waals surface area contributed by atoms with Crippen LogP contribution in [0.2, 0.25) is 5.02 Å². The zero-order chi connectivity index (χ0) is 28.2. The summed E-state index contributed by atoms with van der Waals surface area (Å²) in [5.74, 6) is -0.222. The van der Waals surface area contributed by atoms with Crippen molar-refractivity contribution in [3.8, 4) is 0 Å². The zero-order valence-corrected chi connectivity index (χ0v) is 24.4. The Hall–Kier alpha value is -2.94. The Kier molecular flexibility index (Phi) is 9.31. The van der Waals surface area contributed by atoms with Crippen LogP contribution >= 0.6 is 11.6 Å². The summed E-state index contributed by atoms with van der Waals surface area (Å²) in [7, 11) is 0. The molecule has 1 N–H and O–H groups in total. The number of rotatable bonds is 7. The highest BCUT2D eigenvalue weighted by atomic mass is 35.5. The van der Waals surface area contributed by atoms with Crippen LogP contribution in [0.25, 0.3) is 0 Å². The first-order valence-corrected chi connectivity index (χ1v) is 14.0. The maximum Gasteiger partial charge on any atom is 0.318 e. The quantitative estimate of drug-likeness (QED) is 0.535. The molecule has 3 amide bonds. The maximum absolute atomic E-state index is 13.9. The van der Waals surface area contributed by atoms with Crippen LogP contribution < -0.4 is 5.32 Å². The van der Waals surface area contributed by atoms with Crippen LogP contribution in [-0.4, -0.2) is 83.9 Å². The molecule has 2 heterocycles. The predicted molar refractivity (Wildman–Crippen MR) is 155 cm³/mol. The molecule has 0 aromatic heterocycles. The summed E-state index contributed by atoms with van der Waals surface area (Å²) in [5, 5.41) is 10.0. The number of hydrogen-bond donors (Lipinski definition) is 1. The molecule has 0 aliphatic carbocycles. The highest BCUT2D eigenvalue weighted by Crippen LogP contribution is 2.34. The lowest BCUT2D eigenvalue weighted by Crippen LogP contribution is -2.53. The molecule has 2 aromatic carbocycles. The molecule has 0 unspecified atom stereocenters. The second-order valence-corrected chi connectivity index (χ2v) is 11.8.